The molecular weight excluding hydrogens is 333 g/mol. The third-order valence-corrected chi connectivity index (χ3v) is 4.82. The lowest BCUT2D eigenvalue weighted by Crippen LogP contribution is -2.29. The summed E-state index contributed by atoms with van der Waals surface area (Å²) in [5.74, 6) is -1.63. The smallest absolute Gasteiger partial charge is 0.266 e. The van der Waals surface area contributed by atoms with Gasteiger partial charge < -0.3 is 0 Å². The fourth-order valence-corrected chi connectivity index (χ4v) is 3.60. The molecule has 1 heterocycles. The number of anilines is 1. The van der Waals surface area contributed by atoms with Gasteiger partial charge in [-0.2, -0.15) is 0 Å². The Hall–Kier alpha value is -3.60. The number of hydrogen-bond acceptors (Lipinski definition) is 3. The molecule has 0 saturated carbocycles. The van der Waals surface area contributed by atoms with Gasteiger partial charge in [0.2, 0.25) is 0 Å². The molecule has 3 aromatic carbocycles. The van der Waals surface area contributed by atoms with Crippen LogP contribution >= 0.6 is 0 Å². The van der Waals surface area contributed by atoms with Gasteiger partial charge in [0.15, 0.2) is 5.78 Å². The van der Waals surface area contributed by atoms with E-state index in [1.165, 1.54) is 18.2 Å². The number of nitrogens with zero attached hydrogens (tertiary/aromatic N) is 1. The minimum absolute atomic E-state index is 0.291. The second kappa shape index (κ2) is 4.95. The number of fused-ring (bicyclic) bond motifs is 4. The van der Waals surface area contributed by atoms with Crippen LogP contribution in [0.4, 0.5) is 10.1 Å². The van der Waals surface area contributed by atoms with Gasteiger partial charge in [-0.25, -0.2) is 9.29 Å². The van der Waals surface area contributed by atoms with Crippen LogP contribution < -0.4 is 4.90 Å². The van der Waals surface area contributed by atoms with Crippen molar-refractivity contribution in [2.24, 2.45) is 0 Å². The number of imide groups is 1. The summed E-state index contributed by atoms with van der Waals surface area (Å²) in [6, 6.07) is 15.5. The third kappa shape index (κ3) is 1.80. The van der Waals surface area contributed by atoms with Crippen LogP contribution in [-0.2, 0) is 0 Å². The standard InChI is InChI=1S/C21H10FNO3/c22-11-5-7-13-14-8-6-12(10-18(14)19(24)17(13)9-11)23-20(25)15-3-1-2-4-16(15)21(23)26/h1-10H. The molecule has 3 aromatic rings. The molecule has 0 unspecified atom stereocenters. The normalized spacial score (nSPS) is 14.5. The molecule has 1 aliphatic heterocycles. The Labute approximate surface area is 147 Å². The van der Waals surface area contributed by atoms with Crippen molar-refractivity contribution in [3.63, 3.8) is 0 Å². The first-order valence-corrected chi connectivity index (χ1v) is 8.03. The number of ketones is 1. The highest BCUT2D eigenvalue weighted by Gasteiger charge is 2.37. The summed E-state index contributed by atoms with van der Waals surface area (Å²) in [5, 5.41) is 0. The molecule has 2 aliphatic rings. The summed E-state index contributed by atoms with van der Waals surface area (Å²) in [5.41, 5.74) is 2.99. The van der Waals surface area contributed by atoms with Crippen LogP contribution in [0.3, 0.4) is 0 Å². The van der Waals surface area contributed by atoms with Crippen molar-refractivity contribution in [3.8, 4) is 11.1 Å². The lowest BCUT2D eigenvalue weighted by atomic mass is 10.1. The van der Waals surface area contributed by atoms with Crippen molar-refractivity contribution in [2.75, 3.05) is 4.90 Å². The van der Waals surface area contributed by atoms with Crippen molar-refractivity contribution in [3.05, 3.63) is 88.7 Å². The molecule has 0 atom stereocenters. The fraction of sp³-hybridized carbons (Fsp3) is 0. The Kier molecular flexibility index (Phi) is 2.80. The zero-order valence-corrected chi connectivity index (χ0v) is 13.3. The Morgan fingerprint density at radius 1 is 0.615 bits per heavy atom. The molecule has 1 aliphatic carbocycles. The molecule has 26 heavy (non-hydrogen) atoms. The summed E-state index contributed by atoms with van der Waals surface area (Å²) in [4.78, 5) is 39.0. The number of carbonyl (C=O) groups excluding carboxylic acids is 3. The van der Waals surface area contributed by atoms with Gasteiger partial charge in [-0.15, -0.1) is 0 Å². The number of halogens is 1. The molecule has 4 nitrogen and oxygen atoms in total. The van der Waals surface area contributed by atoms with Crippen LogP contribution in [0.15, 0.2) is 60.7 Å². The summed E-state index contributed by atoms with van der Waals surface area (Å²) >= 11 is 0. The van der Waals surface area contributed by atoms with E-state index in [1.807, 2.05) is 0 Å². The van der Waals surface area contributed by atoms with E-state index in [-0.39, 0.29) is 5.78 Å². The van der Waals surface area contributed by atoms with E-state index in [1.54, 1.807) is 42.5 Å². The predicted octanol–water partition coefficient (Wildman–Crippen LogP) is 3.84. The second-order valence-electron chi connectivity index (χ2n) is 6.24. The Morgan fingerprint density at radius 3 is 1.85 bits per heavy atom. The maximum Gasteiger partial charge on any atom is 0.266 e. The van der Waals surface area contributed by atoms with Crippen LogP contribution in [0.2, 0.25) is 0 Å². The van der Waals surface area contributed by atoms with Gasteiger partial charge in [0.1, 0.15) is 5.82 Å². The minimum atomic E-state index is -0.481. The SMILES string of the molecule is O=C1c2cc(F)ccc2-c2ccc(N3C(=O)c4ccccc4C3=O)cc21. The zero-order chi connectivity index (χ0) is 18.0. The number of amides is 2. The first-order valence-electron chi connectivity index (χ1n) is 8.03. The summed E-state index contributed by atoms with van der Waals surface area (Å²) in [7, 11) is 0. The monoisotopic (exact) mass is 343 g/mol. The topological polar surface area (TPSA) is 54.5 Å². The van der Waals surface area contributed by atoms with Crippen molar-refractivity contribution in [1.29, 1.82) is 0 Å². The summed E-state index contributed by atoms with van der Waals surface area (Å²) in [6.45, 7) is 0. The first kappa shape index (κ1) is 14.7. The van der Waals surface area contributed by atoms with E-state index in [0.29, 0.717) is 39.1 Å². The lowest BCUT2D eigenvalue weighted by molar-refractivity contribution is 0.0924. The molecule has 0 bridgehead atoms. The highest BCUT2D eigenvalue weighted by atomic mass is 19.1. The van der Waals surface area contributed by atoms with Crippen molar-refractivity contribution in [2.45, 2.75) is 0 Å². The summed E-state index contributed by atoms with van der Waals surface area (Å²) in [6.07, 6.45) is 0. The highest BCUT2D eigenvalue weighted by molar-refractivity contribution is 6.35. The maximum absolute atomic E-state index is 13.5. The van der Waals surface area contributed by atoms with E-state index in [4.69, 9.17) is 0 Å². The number of hydrogen-bond donors (Lipinski definition) is 0. The first-order chi connectivity index (χ1) is 12.6. The molecule has 124 valence electrons. The van der Waals surface area contributed by atoms with Gasteiger partial charge in [-0.05, 0) is 47.5 Å². The largest absolute Gasteiger partial charge is 0.289 e. The molecule has 0 radical (unpaired) electrons. The molecule has 0 saturated heterocycles. The average Bonchev–Trinajstić information content (AvgIpc) is 3.07. The fourth-order valence-electron chi connectivity index (χ4n) is 3.60. The second-order valence-corrected chi connectivity index (χ2v) is 6.24. The zero-order valence-electron chi connectivity index (χ0n) is 13.3. The lowest BCUT2D eigenvalue weighted by Gasteiger charge is -2.15. The van der Waals surface area contributed by atoms with E-state index < -0.39 is 17.6 Å². The van der Waals surface area contributed by atoms with Gasteiger partial charge in [0.25, 0.3) is 11.8 Å². The maximum atomic E-state index is 13.5. The van der Waals surface area contributed by atoms with E-state index in [9.17, 15) is 18.8 Å². The van der Waals surface area contributed by atoms with Crippen LogP contribution in [0, 0.1) is 5.82 Å². The van der Waals surface area contributed by atoms with E-state index in [2.05, 4.69) is 0 Å². The molecule has 0 N–H and O–H groups in total. The molecular formula is C21H10FNO3. The van der Waals surface area contributed by atoms with Gasteiger partial charge in [0.05, 0.1) is 16.8 Å². The molecule has 0 spiro atoms. The number of carbonyl (C=O) groups is 3. The van der Waals surface area contributed by atoms with Crippen molar-refractivity contribution >= 4 is 23.3 Å². The quantitative estimate of drug-likeness (QED) is 0.494. The van der Waals surface area contributed by atoms with Crippen molar-refractivity contribution in [1.82, 2.24) is 0 Å². The van der Waals surface area contributed by atoms with Crippen LogP contribution in [0.5, 0.6) is 0 Å². The molecule has 2 amide bonds. The van der Waals surface area contributed by atoms with Gasteiger partial charge in [-0.3, -0.25) is 14.4 Å². The third-order valence-electron chi connectivity index (χ3n) is 4.82. The van der Waals surface area contributed by atoms with E-state index >= 15 is 0 Å². The predicted molar refractivity (Wildman–Crippen MR) is 92.9 cm³/mol. The number of rotatable bonds is 1. The van der Waals surface area contributed by atoms with Gasteiger partial charge in [-0.1, -0.05) is 24.3 Å². The number of benzene rings is 3. The van der Waals surface area contributed by atoms with Crippen LogP contribution in [-0.4, -0.2) is 17.6 Å². The van der Waals surface area contributed by atoms with Crippen LogP contribution in [0.25, 0.3) is 11.1 Å². The molecule has 0 fully saturated rings. The van der Waals surface area contributed by atoms with Crippen LogP contribution in [0.1, 0.15) is 36.6 Å². The molecule has 5 rings (SSSR count). The van der Waals surface area contributed by atoms with E-state index in [0.717, 1.165) is 4.90 Å². The van der Waals surface area contributed by atoms with Gasteiger partial charge >= 0.3 is 0 Å². The Balaban J connectivity index is 1.63. The molecule has 5 heteroatoms. The van der Waals surface area contributed by atoms with Gasteiger partial charge in [0, 0.05) is 11.1 Å². The highest BCUT2D eigenvalue weighted by Crippen LogP contribution is 2.39. The Morgan fingerprint density at radius 2 is 1.19 bits per heavy atom. The molecule has 0 aromatic heterocycles. The average molecular weight is 343 g/mol. The minimum Gasteiger partial charge on any atom is -0.289 e. The Bertz CT molecular complexity index is 1130. The van der Waals surface area contributed by atoms with Crippen molar-refractivity contribution < 1.29 is 18.8 Å². The summed E-state index contributed by atoms with van der Waals surface area (Å²) < 4.78 is 13.5.